The fourth-order valence-corrected chi connectivity index (χ4v) is 1.61. The second kappa shape index (κ2) is 7.62. The van der Waals surface area contributed by atoms with Gasteiger partial charge in [-0.05, 0) is 19.4 Å². The Balaban J connectivity index is 2.02. The smallest absolute Gasteiger partial charge is 0.237 e. The van der Waals surface area contributed by atoms with Crippen LogP contribution in [-0.4, -0.2) is 50.0 Å². The van der Waals surface area contributed by atoms with Gasteiger partial charge in [0.25, 0.3) is 0 Å². The Morgan fingerprint density at radius 3 is 3.00 bits per heavy atom. The number of aliphatic hydroxyl groups excluding tert-OH is 1. The number of nitrogens with one attached hydrogen (secondary N) is 2. The molecule has 0 aromatic rings. The predicted molar refractivity (Wildman–Crippen MR) is 56.6 cm³/mol. The van der Waals surface area contributed by atoms with E-state index in [1.54, 1.807) is 0 Å². The van der Waals surface area contributed by atoms with Crippen LogP contribution in [0.5, 0.6) is 0 Å². The standard InChI is InChI=1S/C10H20N2O3/c13-6-8-15-7-5-12-10(14)9-3-1-2-4-11-9/h9,11,13H,1-8H2,(H,12,14)/t9-/m0/s1. The third kappa shape index (κ3) is 5.11. The highest BCUT2D eigenvalue weighted by Gasteiger charge is 2.19. The molecule has 0 bridgehead atoms. The summed E-state index contributed by atoms with van der Waals surface area (Å²) in [5, 5.41) is 14.4. The van der Waals surface area contributed by atoms with E-state index in [2.05, 4.69) is 10.6 Å². The molecule has 0 aromatic carbocycles. The molecular weight excluding hydrogens is 196 g/mol. The lowest BCUT2D eigenvalue weighted by Crippen LogP contribution is -2.47. The van der Waals surface area contributed by atoms with Gasteiger partial charge in [-0.25, -0.2) is 0 Å². The van der Waals surface area contributed by atoms with Crippen LogP contribution in [-0.2, 0) is 9.53 Å². The van der Waals surface area contributed by atoms with Crippen molar-refractivity contribution in [3.8, 4) is 0 Å². The SMILES string of the molecule is O=C(NCCOCCO)[C@@H]1CCCCN1. The first-order chi connectivity index (χ1) is 7.34. The molecule has 0 spiro atoms. The molecule has 1 aliphatic rings. The summed E-state index contributed by atoms with van der Waals surface area (Å²) in [7, 11) is 0. The zero-order valence-electron chi connectivity index (χ0n) is 9.00. The van der Waals surface area contributed by atoms with Crippen molar-refractivity contribution < 1.29 is 14.6 Å². The molecule has 15 heavy (non-hydrogen) atoms. The number of hydrogen-bond donors (Lipinski definition) is 3. The minimum atomic E-state index is -0.0309. The van der Waals surface area contributed by atoms with Crippen LogP contribution in [0.25, 0.3) is 0 Å². The van der Waals surface area contributed by atoms with Crippen LogP contribution in [0.3, 0.4) is 0 Å². The largest absolute Gasteiger partial charge is 0.394 e. The number of carbonyl (C=O) groups excluding carboxylic acids is 1. The van der Waals surface area contributed by atoms with Crippen LogP contribution < -0.4 is 10.6 Å². The second-order valence-electron chi connectivity index (χ2n) is 3.63. The Labute approximate surface area is 90.2 Å². The maximum absolute atomic E-state index is 11.6. The molecule has 0 aromatic heterocycles. The highest BCUT2D eigenvalue weighted by atomic mass is 16.5. The summed E-state index contributed by atoms with van der Waals surface area (Å²) < 4.78 is 5.04. The van der Waals surface area contributed by atoms with Crippen molar-refractivity contribution in [1.29, 1.82) is 0 Å². The minimum absolute atomic E-state index is 0.0259. The number of piperidine rings is 1. The zero-order chi connectivity index (χ0) is 10.9. The minimum Gasteiger partial charge on any atom is -0.394 e. The molecule has 1 fully saturated rings. The van der Waals surface area contributed by atoms with Crippen molar-refractivity contribution in [2.45, 2.75) is 25.3 Å². The summed E-state index contributed by atoms with van der Waals surface area (Å²) in [4.78, 5) is 11.6. The van der Waals surface area contributed by atoms with Gasteiger partial charge in [-0.15, -0.1) is 0 Å². The molecule has 1 atom stereocenters. The van der Waals surface area contributed by atoms with Crippen molar-refractivity contribution in [2.75, 3.05) is 32.9 Å². The summed E-state index contributed by atoms with van der Waals surface area (Å²) in [5.74, 6) is 0.0577. The lowest BCUT2D eigenvalue weighted by molar-refractivity contribution is -0.123. The van der Waals surface area contributed by atoms with Crippen molar-refractivity contribution in [3.05, 3.63) is 0 Å². The van der Waals surface area contributed by atoms with Crippen molar-refractivity contribution >= 4 is 5.91 Å². The van der Waals surface area contributed by atoms with Crippen LogP contribution in [0.4, 0.5) is 0 Å². The first kappa shape index (κ1) is 12.4. The van der Waals surface area contributed by atoms with Gasteiger partial charge in [0.05, 0.1) is 25.9 Å². The van der Waals surface area contributed by atoms with E-state index in [-0.39, 0.29) is 18.6 Å². The fourth-order valence-electron chi connectivity index (χ4n) is 1.61. The van der Waals surface area contributed by atoms with Crippen LogP contribution in [0.15, 0.2) is 0 Å². The third-order valence-corrected chi connectivity index (χ3v) is 2.41. The zero-order valence-corrected chi connectivity index (χ0v) is 9.00. The Kier molecular flexibility index (Phi) is 6.31. The Hall–Kier alpha value is -0.650. The highest BCUT2D eigenvalue weighted by molar-refractivity contribution is 5.81. The molecule has 1 amide bonds. The van der Waals surface area contributed by atoms with Gasteiger partial charge in [-0.1, -0.05) is 6.42 Å². The van der Waals surface area contributed by atoms with Gasteiger partial charge in [0.2, 0.25) is 5.91 Å². The maximum Gasteiger partial charge on any atom is 0.237 e. The van der Waals surface area contributed by atoms with Crippen LogP contribution in [0.1, 0.15) is 19.3 Å². The summed E-state index contributed by atoms with van der Waals surface area (Å²) in [6.45, 7) is 2.25. The third-order valence-electron chi connectivity index (χ3n) is 2.41. The van der Waals surface area contributed by atoms with E-state index in [1.165, 1.54) is 0 Å². The Morgan fingerprint density at radius 2 is 2.33 bits per heavy atom. The first-order valence-electron chi connectivity index (χ1n) is 5.54. The van der Waals surface area contributed by atoms with Gasteiger partial charge in [-0.3, -0.25) is 4.79 Å². The average Bonchev–Trinajstić information content (AvgIpc) is 2.30. The molecule has 1 aliphatic heterocycles. The van der Waals surface area contributed by atoms with Crippen LogP contribution >= 0.6 is 0 Å². The molecular formula is C10H20N2O3. The van der Waals surface area contributed by atoms with Gasteiger partial charge in [0.15, 0.2) is 0 Å². The molecule has 0 radical (unpaired) electrons. The predicted octanol–water partition coefficient (Wildman–Crippen LogP) is -0.746. The lowest BCUT2D eigenvalue weighted by Gasteiger charge is -2.22. The van der Waals surface area contributed by atoms with E-state index >= 15 is 0 Å². The normalized spacial score (nSPS) is 21.3. The summed E-state index contributed by atoms with van der Waals surface area (Å²) in [6, 6.07) is -0.0309. The molecule has 1 heterocycles. The highest BCUT2D eigenvalue weighted by Crippen LogP contribution is 2.06. The molecule has 1 saturated heterocycles. The van der Waals surface area contributed by atoms with E-state index in [0.29, 0.717) is 19.8 Å². The van der Waals surface area contributed by atoms with Gasteiger partial charge < -0.3 is 20.5 Å². The molecule has 1 rings (SSSR count). The van der Waals surface area contributed by atoms with Crippen LogP contribution in [0, 0.1) is 0 Å². The summed E-state index contributed by atoms with van der Waals surface area (Å²) in [6.07, 6.45) is 3.19. The summed E-state index contributed by atoms with van der Waals surface area (Å²) >= 11 is 0. The quantitative estimate of drug-likeness (QED) is 0.511. The van der Waals surface area contributed by atoms with Gasteiger partial charge in [-0.2, -0.15) is 0 Å². The molecule has 88 valence electrons. The first-order valence-corrected chi connectivity index (χ1v) is 5.54. The number of ether oxygens (including phenoxy) is 1. The van der Waals surface area contributed by atoms with E-state index in [1.807, 2.05) is 0 Å². The van der Waals surface area contributed by atoms with Crippen LogP contribution in [0.2, 0.25) is 0 Å². The molecule has 0 aliphatic carbocycles. The monoisotopic (exact) mass is 216 g/mol. The number of aliphatic hydroxyl groups is 1. The Bertz CT molecular complexity index is 182. The summed E-state index contributed by atoms with van der Waals surface area (Å²) in [5.41, 5.74) is 0. The molecule has 0 unspecified atom stereocenters. The fraction of sp³-hybridized carbons (Fsp3) is 0.900. The maximum atomic E-state index is 11.6. The van der Waals surface area contributed by atoms with E-state index in [0.717, 1.165) is 25.8 Å². The van der Waals surface area contributed by atoms with E-state index in [4.69, 9.17) is 9.84 Å². The lowest BCUT2D eigenvalue weighted by atomic mass is 10.0. The van der Waals surface area contributed by atoms with E-state index < -0.39 is 0 Å². The number of amides is 1. The number of rotatable bonds is 6. The van der Waals surface area contributed by atoms with E-state index in [9.17, 15) is 4.79 Å². The van der Waals surface area contributed by atoms with Crippen molar-refractivity contribution in [3.63, 3.8) is 0 Å². The van der Waals surface area contributed by atoms with Crippen molar-refractivity contribution in [2.24, 2.45) is 0 Å². The number of hydrogen-bond acceptors (Lipinski definition) is 4. The molecule has 3 N–H and O–H groups in total. The topological polar surface area (TPSA) is 70.6 Å². The Morgan fingerprint density at radius 1 is 1.47 bits per heavy atom. The van der Waals surface area contributed by atoms with Gasteiger partial charge in [0, 0.05) is 6.54 Å². The number of carbonyl (C=O) groups is 1. The molecule has 5 nitrogen and oxygen atoms in total. The van der Waals surface area contributed by atoms with Crippen molar-refractivity contribution in [1.82, 2.24) is 10.6 Å². The van der Waals surface area contributed by atoms with Gasteiger partial charge >= 0.3 is 0 Å². The second-order valence-corrected chi connectivity index (χ2v) is 3.63. The molecule has 0 saturated carbocycles. The van der Waals surface area contributed by atoms with Gasteiger partial charge in [0.1, 0.15) is 0 Å². The average molecular weight is 216 g/mol. The molecule has 5 heteroatoms.